The minimum atomic E-state index is -4.19. The molecule has 0 spiro atoms. The van der Waals surface area contributed by atoms with E-state index < -0.39 is 12.2 Å². The lowest BCUT2D eigenvalue weighted by molar-refractivity contribution is -0.155. The highest BCUT2D eigenvalue weighted by atomic mass is 19.4. The smallest absolute Gasteiger partial charge is 0.368 e. The van der Waals surface area contributed by atoms with Crippen LogP contribution in [0.5, 0.6) is 0 Å². The van der Waals surface area contributed by atoms with Gasteiger partial charge < -0.3 is 10.2 Å². The van der Waals surface area contributed by atoms with Crippen molar-refractivity contribution >= 4 is 5.69 Å². The van der Waals surface area contributed by atoms with Crippen LogP contribution in [0.25, 0.3) is 0 Å². The molecule has 0 aliphatic carbocycles. The van der Waals surface area contributed by atoms with Crippen molar-refractivity contribution in [1.29, 1.82) is 0 Å². The average molecular weight is 300 g/mol. The van der Waals surface area contributed by atoms with E-state index in [1.165, 1.54) is 5.56 Å². The predicted octanol–water partition coefficient (Wildman–Crippen LogP) is 3.62. The molecule has 0 amide bonds. The molecule has 2 rings (SSSR count). The molecule has 1 N–H and O–H groups in total. The Bertz CT molecular complexity index is 477. The summed E-state index contributed by atoms with van der Waals surface area (Å²) in [7, 11) is 0. The van der Waals surface area contributed by atoms with Gasteiger partial charge in [-0.3, -0.25) is 0 Å². The molecule has 1 saturated heterocycles. The fourth-order valence-electron chi connectivity index (χ4n) is 2.68. The second-order valence-corrected chi connectivity index (χ2v) is 6.90. The zero-order chi connectivity index (χ0) is 15.7. The number of anilines is 1. The first-order valence-corrected chi connectivity index (χ1v) is 7.29. The maximum atomic E-state index is 12.8. The van der Waals surface area contributed by atoms with Gasteiger partial charge in [0.25, 0.3) is 0 Å². The summed E-state index contributed by atoms with van der Waals surface area (Å²) in [6.07, 6.45) is -3.28. The lowest BCUT2D eigenvalue weighted by Gasteiger charge is -2.36. The number of hydrogen-bond acceptors (Lipinski definition) is 2. The lowest BCUT2D eigenvalue weighted by atomic mass is 9.88. The van der Waals surface area contributed by atoms with E-state index in [0.717, 1.165) is 12.1 Å². The SMILES string of the molecule is CC(C)(C)Cc1cccc(N2CCNC(C(F)(F)F)C2)c1. The van der Waals surface area contributed by atoms with Gasteiger partial charge in [0.2, 0.25) is 0 Å². The van der Waals surface area contributed by atoms with Crippen LogP contribution < -0.4 is 10.2 Å². The van der Waals surface area contributed by atoms with Crippen LogP contribution >= 0.6 is 0 Å². The van der Waals surface area contributed by atoms with Gasteiger partial charge in [0.15, 0.2) is 0 Å². The summed E-state index contributed by atoms with van der Waals surface area (Å²) in [5, 5.41) is 2.54. The molecule has 118 valence electrons. The Labute approximate surface area is 124 Å². The van der Waals surface area contributed by atoms with Crippen LogP contribution in [-0.2, 0) is 6.42 Å². The van der Waals surface area contributed by atoms with Crippen molar-refractivity contribution in [3.8, 4) is 0 Å². The zero-order valence-corrected chi connectivity index (χ0v) is 12.8. The van der Waals surface area contributed by atoms with Crippen molar-refractivity contribution in [1.82, 2.24) is 5.32 Å². The Morgan fingerprint density at radius 2 is 1.95 bits per heavy atom. The summed E-state index contributed by atoms with van der Waals surface area (Å²) in [6.45, 7) is 7.40. The third-order valence-corrected chi connectivity index (χ3v) is 3.58. The molecule has 0 aromatic heterocycles. The molecule has 5 heteroatoms. The number of halogens is 3. The normalized spacial score (nSPS) is 20.7. The fourth-order valence-corrected chi connectivity index (χ4v) is 2.68. The largest absolute Gasteiger partial charge is 0.405 e. The maximum absolute atomic E-state index is 12.8. The number of nitrogens with one attached hydrogen (secondary N) is 1. The number of benzene rings is 1. The van der Waals surface area contributed by atoms with Gasteiger partial charge in [-0.15, -0.1) is 0 Å². The molecule has 2 nitrogen and oxygen atoms in total. The van der Waals surface area contributed by atoms with E-state index in [0.29, 0.717) is 13.1 Å². The predicted molar refractivity (Wildman–Crippen MR) is 79.7 cm³/mol. The van der Waals surface area contributed by atoms with E-state index in [1.807, 2.05) is 29.2 Å². The monoisotopic (exact) mass is 300 g/mol. The van der Waals surface area contributed by atoms with Gasteiger partial charge in [0.1, 0.15) is 6.04 Å². The van der Waals surface area contributed by atoms with Crippen LogP contribution in [0.3, 0.4) is 0 Å². The molecule has 1 unspecified atom stereocenters. The van der Waals surface area contributed by atoms with Crippen LogP contribution in [0, 0.1) is 5.41 Å². The van der Waals surface area contributed by atoms with Crippen LogP contribution in [0.15, 0.2) is 24.3 Å². The summed E-state index contributed by atoms with van der Waals surface area (Å²) < 4.78 is 38.5. The van der Waals surface area contributed by atoms with Crippen molar-refractivity contribution in [2.45, 2.75) is 39.4 Å². The van der Waals surface area contributed by atoms with Crippen LogP contribution in [0.1, 0.15) is 26.3 Å². The third-order valence-electron chi connectivity index (χ3n) is 3.58. The molecule has 1 atom stereocenters. The maximum Gasteiger partial charge on any atom is 0.405 e. The summed E-state index contributed by atoms with van der Waals surface area (Å²) in [4.78, 5) is 1.82. The lowest BCUT2D eigenvalue weighted by Crippen LogP contribution is -2.57. The molecule has 0 saturated carbocycles. The molecular weight excluding hydrogens is 277 g/mol. The number of nitrogens with zero attached hydrogens (tertiary/aromatic N) is 1. The van der Waals surface area contributed by atoms with Crippen molar-refractivity contribution in [3.05, 3.63) is 29.8 Å². The number of rotatable bonds is 2. The average Bonchev–Trinajstić information content (AvgIpc) is 2.36. The highest BCUT2D eigenvalue weighted by Crippen LogP contribution is 2.27. The zero-order valence-electron chi connectivity index (χ0n) is 12.8. The van der Waals surface area contributed by atoms with Crippen molar-refractivity contribution in [2.75, 3.05) is 24.5 Å². The Balaban J connectivity index is 2.12. The third kappa shape index (κ3) is 4.63. The van der Waals surface area contributed by atoms with E-state index in [2.05, 4.69) is 26.1 Å². The second kappa shape index (κ2) is 5.87. The number of hydrogen-bond donors (Lipinski definition) is 1. The standard InChI is InChI=1S/C16H23F3N2/c1-15(2,3)10-12-5-4-6-13(9-12)21-8-7-20-14(11-21)16(17,18)19/h4-6,9,14,20H,7-8,10-11H2,1-3H3. The second-order valence-electron chi connectivity index (χ2n) is 6.90. The Morgan fingerprint density at radius 1 is 1.24 bits per heavy atom. The van der Waals surface area contributed by atoms with Gasteiger partial charge in [0, 0.05) is 25.3 Å². The molecule has 0 bridgehead atoms. The van der Waals surface area contributed by atoms with Crippen molar-refractivity contribution in [3.63, 3.8) is 0 Å². The molecule has 1 aliphatic rings. The molecule has 1 aromatic rings. The number of piperazine rings is 1. The summed E-state index contributed by atoms with van der Waals surface area (Å²) in [5.41, 5.74) is 2.21. The van der Waals surface area contributed by atoms with Crippen LogP contribution in [0.4, 0.5) is 18.9 Å². The van der Waals surface area contributed by atoms with Crippen molar-refractivity contribution < 1.29 is 13.2 Å². The van der Waals surface area contributed by atoms with Gasteiger partial charge in [-0.25, -0.2) is 0 Å². The highest BCUT2D eigenvalue weighted by Gasteiger charge is 2.41. The molecule has 1 aliphatic heterocycles. The van der Waals surface area contributed by atoms with Crippen LogP contribution in [0.2, 0.25) is 0 Å². The van der Waals surface area contributed by atoms with Gasteiger partial charge in [-0.2, -0.15) is 13.2 Å². The molecule has 1 heterocycles. The minimum absolute atomic E-state index is 0.0253. The van der Waals surface area contributed by atoms with E-state index in [4.69, 9.17) is 0 Å². The first-order chi connectivity index (χ1) is 9.65. The topological polar surface area (TPSA) is 15.3 Å². The Hall–Kier alpha value is -1.23. The summed E-state index contributed by atoms with van der Waals surface area (Å²) in [5.74, 6) is 0. The summed E-state index contributed by atoms with van der Waals surface area (Å²) >= 11 is 0. The fraction of sp³-hybridized carbons (Fsp3) is 0.625. The first kappa shape index (κ1) is 16.1. The number of alkyl halides is 3. The van der Waals surface area contributed by atoms with Gasteiger partial charge in [0.05, 0.1) is 0 Å². The Kier molecular flexibility index (Phi) is 4.51. The van der Waals surface area contributed by atoms with E-state index in [-0.39, 0.29) is 12.0 Å². The van der Waals surface area contributed by atoms with Gasteiger partial charge in [-0.1, -0.05) is 32.9 Å². The highest BCUT2D eigenvalue weighted by molar-refractivity contribution is 5.49. The van der Waals surface area contributed by atoms with E-state index in [9.17, 15) is 13.2 Å². The first-order valence-electron chi connectivity index (χ1n) is 7.29. The van der Waals surface area contributed by atoms with Gasteiger partial charge >= 0.3 is 6.18 Å². The van der Waals surface area contributed by atoms with Crippen molar-refractivity contribution in [2.24, 2.45) is 5.41 Å². The molecular formula is C16H23F3N2. The minimum Gasteiger partial charge on any atom is -0.368 e. The van der Waals surface area contributed by atoms with E-state index >= 15 is 0 Å². The molecule has 21 heavy (non-hydrogen) atoms. The molecule has 0 radical (unpaired) electrons. The van der Waals surface area contributed by atoms with Gasteiger partial charge in [-0.05, 0) is 29.5 Å². The molecule has 1 aromatic carbocycles. The summed E-state index contributed by atoms with van der Waals surface area (Å²) in [6, 6.07) is 6.44. The molecule has 1 fully saturated rings. The van der Waals surface area contributed by atoms with E-state index in [1.54, 1.807) is 0 Å². The quantitative estimate of drug-likeness (QED) is 0.897. The Morgan fingerprint density at radius 3 is 2.57 bits per heavy atom. The van der Waals surface area contributed by atoms with Crippen LogP contribution in [-0.4, -0.2) is 31.9 Å².